The van der Waals surface area contributed by atoms with E-state index in [1.807, 2.05) is 14.1 Å². The van der Waals surface area contributed by atoms with E-state index in [9.17, 15) is 8.42 Å². The predicted octanol–water partition coefficient (Wildman–Crippen LogP) is 1.86. The maximum absolute atomic E-state index is 11.7. The SMILES string of the molecule is CN(Cc1cccc(N(C)C)c1)CC1CCCN(S(C)(=O)=O)C1. The molecule has 1 saturated heterocycles. The molecule has 0 radical (unpaired) electrons. The third-order valence-electron chi connectivity index (χ3n) is 4.40. The van der Waals surface area contributed by atoms with Crippen LogP contribution in [0.4, 0.5) is 5.69 Å². The molecule has 0 bridgehead atoms. The molecule has 23 heavy (non-hydrogen) atoms. The average Bonchev–Trinajstić information content (AvgIpc) is 2.46. The van der Waals surface area contributed by atoms with Crippen LogP contribution >= 0.6 is 0 Å². The second-order valence-electron chi connectivity index (χ2n) is 6.89. The second-order valence-corrected chi connectivity index (χ2v) is 8.87. The van der Waals surface area contributed by atoms with E-state index in [0.717, 1.165) is 25.9 Å². The van der Waals surface area contributed by atoms with Crippen molar-refractivity contribution in [3.05, 3.63) is 29.8 Å². The highest BCUT2D eigenvalue weighted by Gasteiger charge is 2.26. The lowest BCUT2D eigenvalue weighted by atomic mass is 9.99. The van der Waals surface area contributed by atoms with Crippen LogP contribution in [0.3, 0.4) is 0 Å². The smallest absolute Gasteiger partial charge is 0.211 e. The van der Waals surface area contributed by atoms with Gasteiger partial charge in [0, 0.05) is 46.0 Å². The normalized spacial score (nSPS) is 20.0. The van der Waals surface area contributed by atoms with Crippen molar-refractivity contribution in [2.75, 3.05) is 51.9 Å². The van der Waals surface area contributed by atoms with Gasteiger partial charge in [0.1, 0.15) is 0 Å². The molecule has 0 spiro atoms. The summed E-state index contributed by atoms with van der Waals surface area (Å²) in [6.07, 6.45) is 3.38. The fourth-order valence-corrected chi connectivity index (χ4v) is 4.17. The van der Waals surface area contributed by atoms with Crippen molar-refractivity contribution in [1.82, 2.24) is 9.21 Å². The van der Waals surface area contributed by atoms with Crippen LogP contribution in [0.15, 0.2) is 24.3 Å². The minimum Gasteiger partial charge on any atom is -0.378 e. The fourth-order valence-electron chi connectivity index (χ4n) is 3.23. The molecule has 2 rings (SSSR count). The molecule has 1 aliphatic rings. The number of sulfonamides is 1. The van der Waals surface area contributed by atoms with Crippen molar-refractivity contribution in [3.63, 3.8) is 0 Å². The predicted molar refractivity (Wildman–Crippen MR) is 96.2 cm³/mol. The lowest BCUT2D eigenvalue weighted by molar-refractivity contribution is 0.197. The number of piperidine rings is 1. The first-order valence-corrected chi connectivity index (χ1v) is 10.0. The minimum absolute atomic E-state index is 0.417. The summed E-state index contributed by atoms with van der Waals surface area (Å²) >= 11 is 0. The zero-order valence-corrected chi connectivity index (χ0v) is 15.5. The third-order valence-corrected chi connectivity index (χ3v) is 5.67. The van der Waals surface area contributed by atoms with Gasteiger partial charge < -0.3 is 9.80 Å². The van der Waals surface area contributed by atoms with E-state index in [1.54, 1.807) is 4.31 Å². The van der Waals surface area contributed by atoms with Crippen LogP contribution in [0, 0.1) is 5.92 Å². The van der Waals surface area contributed by atoms with Gasteiger partial charge in [-0.2, -0.15) is 0 Å². The van der Waals surface area contributed by atoms with Gasteiger partial charge in [0.05, 0.1) is 6.26 Å². The molecule has 1 aliphatic heterocycles. The molecule has 130 valence electrons. The number of benzene rings is 1. The lowest BCUT2D eigenvalue weighted by Crippen LogP contribution is -2.42. The van der Waals surface area contributed by atoms with Crippen LogP contribution < -0.4 is 4.90 Å². The van der Waals surface area contributed by atoms with Crippen molar-refractivity contribution in [2.24, 2.45) is 5.92 Å². The first-order chi connectivity index (χ1) is 10.8. The van der Waals surface area contributed by atoms with E-state index < -0.39 is 10.0 Å². The van der Waals surface area contributed by atoms with Gasteiger partial charge in [-0.1, -0.05) is 12.1 Å². The highest BCUT2D eigenvalue weighted by Crippen LogP contribution is 2.20. The minimum atomic E-state index is -3.06. The quantitative estimate of drug-likeness (QED) is 0.793. The third kappa shape index (κ3) is 5.48. The van der Waals surface area contributed by atoms with Gasteiger partial charge in [0.15, 0.2) is 0 Å². The van der Waals surface area contributed by atoms with E-state index >= 15 is 0 Å². The average molecular weight is 340 g/mol. The van der Waals surface area contributed by atoms with Gasteiger partial charge >= 0.3 is 0 Å². The number of hydrogen-bond donors (Lipinski definition) is 0. The summed E-state index contributed by atoms with van der Waals surface area (Å²) in [4.78, 5) is 4.40. The van der Waals surface area contributed by atoms with Gasteiger partial charge in [-0.15, -0.1) is 0 Å². The molecule has 0 aromatic heterocycles. The maximum Gasteiger partial charge on any atom is 0.211 e. The molecular weight excluding hydrogens is 310 g/mol. The second kappa shape index (κ2) is 7.64. The highest BCUT2D eigenvalue weighted by molar-refractivity contribution is 7.88. The number of anilines is 1. The van der Waals surface area contributed by atoms with Gasteiger partial charge in [-0.05, 0) is 43.5 Å². The van der Waals surface area contributed by atoms with Crippen molar-refractivity contribution in [1.29, 1.82) is 0 Å². The molecule has 1 unspecified atom stereocenters. The molecule has 1 heterocycles. The van der Waals surface area contributed by atoms with Gasteiger partial charge in [-0.25, -0.2) is 12.7 Å². The molecule has 0 aliphatic carbocycles. The van der Waals surface area contributed by atoms with Gasteiger partial charge in [-0.3, -0.25) is 0 Å². The van der Waals surface area contributed by atoms with Crippen LogP contribution in [0.1, 0.15) is 18.4 Å². The van der Waals surface area contributed by atoms with Crippen molar-refractivity contribution in [2.45, 2.75) is 19.4 Å². The molecule has 5 nitrogen and oxygen atoms in total. The summed E-state index contributed by atoms with van der Waals surface area (Å²) in [5.41, 5.74) is 2.49. The topological polar surface area (TPSA) is 43.9 Å². The Morgan fingerprint density at radius 2 is 2.00 bits per heavy atom. The maximum atomic E-state index is 11.7. The molecule has 1 fully saturated rings. The Kier molecular flexibility index (Phi) is 6.06. The Bertz CT molecular complexity index is 616. The van der Waals surface area contributed by atoms with Crippen molar-refractivity contribution in [3.8, 4) is 0 Å². The zero-order valence-electron chi connectivity index (χ0n) is 14.7. The molecule has 0 N–H and O–H groups in total. The Labute approximate surface area is 140 Å². The largest absolute Gasteiger partial charge is 0.378 e. The van der Waals surface area contributed by atoms with Crippen LogP contribution in [-0.2, 0) is 16.6 Å². The summed E-state index contributed by atoms with van der Waals surface area (Å²) in [5, 5.41) is 0. The first-order valence-electron chi connectivity index (χ1n) is 8.15. The van der Waals surface area contributed by atoms with Crippen molar-refractivity contribution < 1.29 is 8.42 Å². The van der Waals surface area contributed by atoms with Crippen LogP contribution in [0.2, 0.25) is 0 Å². The van der Waals surface area contributed by atoms with Crippen molar-refractivity contribution >= 4 is 15.7 Å². The molecular formula is C17H29N3O2S. The summed E-state index contributed by atoms with van der Waals surface area (Å²) in [5.74, 6) is 0.417. The standard InChI is InChI=1S/C17H29N3O2S/c1-18(2)17-9-5-7-15(11-17)12-19(3)13-16-8-6-10-20(14-16)23(4,21)22/h5,7,9,11,16H,6,8,10,12-14H2,1-4H3. The van der Waals surface area contributed by atoms with Crippen LogP contribution in [-0.4, -0.2) is 64.7 Å². The zero-order chi connectivity index (χ0) is 17.0. The Morgan fingerprint density at radius 1 is 1.26 bits per heavy atom. The lowest BCUT2D eigenvalue weighted by Gasteiger charge is -2.33. The molecule has 0 saturated carbocycles. The fraction of sp³-hybridized carbons (Fsp3) is 0.647. The van der Waals surface area contributed by atoms with E-state index in [0.29, 0.717) is 19.0 Å². The highest BCUT2D eigenvalue weighted by atomic mass is 32.2. The van der Waals surface area contributed by atoms with E-state index in [-0.39, 0.29) is 0 Å². The number of hydrogen-bond acceptors (Lipinski definition) is 4. The Hall–Kier alpha value is -1.11. The monoisotopic (exact) mass is 339 g/mol. The summed E-state index contributed by atoms with van der Waals surface area (Å²) in [6.45, 7) is 3.14. The Morgan fingerprint density at radius 3 is 2.65 bits per heavy atom. The van der Waals surface area contributed by atoms with Crippen LogP contribution in [0.25, 0.3) is 0 Å². The van der Waals surface area contributed by atoms with Crippen LogP contribution in [0.5, 0.6) is 0 Å². The van der Waals surface area contributed by atoms with E-state index in [2.05, 4.69) is 41.1 Å². The molecule has 6 heteroatoms. The number of rotatable bonds is 6. The van der Waals surface area contributed by atoms with Gasteiger partial charge in [0.25, 0.3) is 0 Å². The molecule has 1 aromatic carbocycles. The number of nitrogens with zero attached hydrogens (tertiary/aromatic N) is 3. The van der Waals surface area contributed by atoms with E-state index in [1.165, 1.54) is 17.5 Å². The summed E-state index contributed by atoms with van der Waals surface area (Å²) in [7, 11) is 3.15. The van der Waals surface area contributed by atoms with Gasteiger partial charge in [0.2, 0.25) is 10.0 Å². The summed E-state index contributed by atoms with van der Waals surface area (Å²) in [6, 6.07) is 8.55. The van der Waals surface area contributed by atoms with E-state index in [4.69, 9.17) is 0 Å². The summed E-state index contributed by atoms with van der Waals surface area (Å²) < 4.78 is 25.1. The molecule has 0 amide bonds. The molecule has 1 atom stereocenters. The first kappa shape index (κ1) is 18.2. The molecule has 1 aromatic rings. The Balaban J connectivity index is 1.92.